The number of H-pyrrole nitrogens is 1. The smallest absolute Gasteiger partial charge is 0.255 e. The van der Waals surface area contributed by atoms with Crippen LogP contribution in [0.1, 0.15) is 35.7 Å². The maximum Gasteiger partial charge on any atom is 0.255 e. The van der Waals surface area contributed by atoms with Crippen molar-refractivity contribution in [2.45, 2.75) is 19.8 Å². The minimum atomic E-state index is 0.00712. The Hall–Kier alpha value is -3.14. The highest BCUT2D eigenvalue weighted by molar-refractivity contribution is 6.09. The number of aromatic nitrogens is 2. The fraction of sp³-hybridized carbons (Fsp3) is 0.217. The van der Waals surface area contributed by atoms with Gasteiger partial charge in [-0.15, -0.1) is 0 Å². The molecule has 27 heavy (non-hydrogen) atoms. The topological polar surface area (TPSA) is 49.0 Å². The van der Waals surface area contributed by atoms with Crippen molar-refractivity contribution in [3.63, 3.8) is 0 Å². The van der Waals surface area contributed by atoms with Gasteiger partial charge in [0.2, 0.25) is 0 Å². The molecule has 0 saturated heterocycles. The van der Waals surface area contributed by atoms with Gasteiger partial charge >= 0.3 is 0 Å². The Morgan fingerprint density at radius 2 is 1.93 bits per heavy atom. The third kappa shape index (κ3) is 2.87. The molecule has 2 aromatic heterocycles. The van der Waals surface area contributed by atoms with Crippen molar-refractivity contribution in [1.82, 2.24) is 14.9 Å². The van der Waals surface area contributed by atoms with E-state index >= 15 is 0 Å². The van der Waals surface area contributed by atoms with Crippen LogP contribution in [0.25, 0.3) is 32.8 Å². The molecule has 0 saturated carbocycles. The number of aromatic amines is 1. The van der Waals surface area contributed by atoms with E-state index in [0.717, 1.165) is 32.8 Å². The Morgan fingerprint density at radius 1 is 1.11 bits per heavy atom. The molecule has 1 N–H and O–H groups in total. The van der Waals surface area contributed by atoms with Gasteiger partial charge in [0.25, 0.3) is 5.91 Å². The van der Waals surface area contributed by atoms with E-state index in [1.165, 1.54) is 5.56 Å². The molecule has 0 aliphatic carbocycles. The van der Waals surface area contributed by atoms with E-state index < -0.39 is 0 Å². The van der Waals surface area contributed by atoms with Crippen LogP contribution in [0.3, 0.4) is 0 Å². The van der Waals surface area contributed by atoms with Crippen LogP contribution in [-0.2, 0) is 0 Å². The summed E-state index contributed by atoms with van der Waals surface area (Å²) in [4.78, 5) is 21.9. The Bertz CT molecular complexity index is 1150. The summed E-state index contributed by atoms with van der Waals surface area (Å²) in [5.74, 6) is 0.342. The molecular weight excluding hydrogens is 334 g/mol. The van der Waals surface area contributed by atoms with E-state index in [-0.39, 0.29) is 5.91 Å². The molecule has 0 aliphatic heterocycles. The van der Waals surface area contributed by atoms with Crippen LogP contribution in [0.4, 0.5) is 0 Å². The van der Waals surface area contributed by atoms with Gasteiger partial charge in [-0.2, -0.15) is 0 Å². The number of carbonyl (C=O) groups excluding carboxylic acids is 1. The molecule has 4 heteroatoms. The van der Waals surface area contributed by atoms with Crippen LogP contribution in [0.2, 0.25) is 0 Å². The zero-order valence-corrected chi connectivity index (χ0v) is 16.1. The molecule has 4 aromatic rings. The van der Waals surface area contributed by atoms with Crippen LogP contribution in [-0.4, -0.2) is 34.9 Å². The predicted octanol–water partition coefficient (Wildman–Crippen LogP) is 5.21. The average molecular weight is 357 g/mol. The summed E-state index contributed by atoms with van der Waals surface area (Å²) in [6.45, 7) is 4.36. The highest BCUT2D eigenvalue weighted by Crippen LogP contribution is 2.35. The van der Waals surface area contributed by atoms with Crippen LogP contribution in [0, 0.1) is 0 Å². The molecule has 0 atom stereocenters. The number of hydrogen-bond acceptors (Lipinski definition) is 2. The number of rotatable bonds is 3. The Labute approximate surface area is 158 Å². The monoisotopic (exact) mass is 357 g/mol. The quantitative estimate of drug-likeness (QED) is 0.547. The molecule has 0 radical (unpaired) electrons. The summed E-state index contributed by atoms with van der Waals surface area (Å²) in [5, 5.41) is 3.24. The number of fused-ring (bicyclic) bond motifs is 2. The lowest BCUT2D eigenvalue weighted by molar-refractivity contribution is 0.0829. The normalized spacial score (nSPS) is 11.4. The number of hydrogen-bond donors (Lipinski definition) is 1. The largest absolute Gasteiger partial charge is 0.360 e. The zero-order valence-electron chi connectivity index (χ0n) is 16.1. The van der Waals surface area contributed by atoms with E-state index in [2.05, 4.69) is 54.1 Å². The lowest BCUT2D eigenvalue weighted by Gasteiger charge is -2.14. The van der Waals surface area contributed by atoms with E-state index in [0.29, 0.717) is 11.5 Å². The molecule has 136 valence electrons. The van der Waals surface area contributed by atoms with Crippen molar-refractivity contribution in [2.75, 3.05) is 14.1 Å². The van der Waals surface area contributed by atoms with Gasteiger partial charge in [0.15, 0.2) is 0 Å². The summed E-state index contributed by atoms with van der Waals surface area (Å²) < 4.78 is 0. The fourth-order valence-corrected chi connectivity index (χ4v) is 3.65. The van der Waals surface area contributed by atoms with E-state index in [4.69, 9.17) is 0 Å². The molecule has 0 spiro atoms. The third-order valence-electron chi connectivity index (χ3n) is 5.07. The summed E-state index contributed by atoms with van der Waals surface area (Å²) in [5.41, 5.74) is 5.20. The van der Waals surface area contributed by atoms with Gasteiger partial charge < -0.3 is 9.88 Å². The SMILES string of the molecule is CC(C)c1cc(-c2cccc3ccncc23)cc2c(C(=O)N(C)C)c[nH]c12. The average Bonchev–Trinajstić information content (AvgIpc) is 3.09. The second kappa shape index (κ2) is 6.54. The van der Waals surface area contributed by atoms with Crippen molar-refractivity contribution in [3.8, 4) is 11.1 Å². The Balaban J connectivity index is 2.03. The van der Waals surface area contributed by atoms with Gasteiger partial charge in [-0.25, -0.2) is 0 Å². The van der Waals surface area contributed by atoms with Crippen LogP contribution < -0.4 is 0 Å². The number of amides is 1. The van der Waals surface area contributed by atoms with Gasteiger partial charge in [0, 0.05) is 49.0 Å². The first-order chi connectivity index (χ1) is 13.0. The number of pyridine rings is 1. The second-order valence-electron chi connectivity index (χ2n) is 7.45. The third-order valence-corrected chi connectivity index (χ3v) is 5.07. The van der Waals surface area contributed by atoms with Crippen molar-refractivity contribution in [1.29, 1.82) is 0 Å². The molecule has 0 fully saturated rings. The first-order valence-electron chi connectivity index (χ1n) is 9.17. The van der Waals surface area contributed by atoms with Crippen LogP contribution in [0.5, 0.6) is 0 Å². The van der Waals surface area contributed by atoms with Crippen molar-refractivity contribution < 1.29 is 4.79 Å². The van der Waals surface area contributed by atoms with Crippen molar-refractivity contribution in [2.24, 2.45) is 0 Å². The number of nitrogens with one attached hydrogen (secondary N) is 1. The zero-order chi connectivity index (χ0) is 19.1. The molecule has 4 nitrogen and oxygen atoms in total. The highest BCUT2D eigenvalue weighted by Gasteiger charge is 2.18. The lowest BCUT2D eigenvalue weighted by Crippen LogP contribution is -2.21. The minimum Gasteiger partial charge on any atom is -0.360 e. The van der Waals surface area contributed by atoms with E-state index in [1.807, 2.05) is 24.7 Å². The predicted molar refractivity (Wildman–Crippen MR) is 111 cm³/mol. The van der Waals surface area contributed by atoms with Crippen LogP contribution in [0.15, 0.2) is 55.0 Å². The number of carbonyl (C=O) groups is 1. The standard InChI is InChI=1S/C23H23N3O/c1-14(2)18-10-16(17-7-5-6-15-8-9-24-12-20(15)17)11-19-21(13-25-22(18)19)23(27)26(3)4/h5-14,25H,1-4H3. The summed E-state index contributed by atoms with van der Waals surface area (Å²) in [7, 11) is 3.56. The maximum absolute atomic E-state index is 12.7. The second-order valence-corrected chi connectivity index (χ2v) is 7.45. The summed E-state index contributed by atoms with van der Waals surface area (Å²) >= 11 is 0. The Morgan fingerprint density at radius 3 is 2.67 bits per heavy atom. The summed E-state index contributed by atoms with van der Waals surface area (Å²) in [6.07, 6.45) is 5.55. The number of nitrogens with zero attached hydrogens (tertiary/aromatic N) is 2. The first-order valence-corrected chi connectivity index (χ1v) is 9.17. The van der Waals surface area contributed by atoms with Crippen molar-refractivity contribution >= 4 is 27.6 Å². The molecule has 0 bridgehead atoms. The Kier molecular flexibility index (Phi) is 4.19. The summed E-state index contributed by atoms with van der Waals surface area (Å²) in [6, 6.07) is 12.7. The molecule has 1 amide bonds. The lowest BCUT2D eigenvalue weighted by atomic mass is 9.92. The first kappa shape index (κ1) is 17.3. The van der Waals surface area contributed by atoms with Crippen molar-refractivity contribution in [3.05, 3.63) is 66.1 Å². The van der Waals surface area contributed by atoms with Gasteiger partial charge in [0.05, 0.1) is 5.56 Å². The highest BCUT2D eigenvalue weighted by atomic mass is 16.2. The molecule has 2 heterocycles. The maximum atomic E-state index is 12.7. The molecule has 0 unspecified atom stereocenters. The van der Waals surface area contributed by atoms with E-state index in [1.54, 1.807) is 19.0 Å². The molecule has 0 aliphatic rings. The molecule has 2 aromatic carbocycles. The molecule has 4 rings (SSSR count). The molecular formula is C23H23N3O. The van der Waals surface area contributed by atoms with Crippen LogP contribution >= 0.6 is 0 Å². The van der Waals surface area contributed by atoms with Gasteiger partial charge in [-0.3, -0.25) is 9.78 Å². The fourth-order valence-electron chi connectivity index (χ4n) is 3.65. The van der Waals surface area contributed by atoms with Gasteiger partial charge in [-0.1, -0.05) is 32.0 Å². The van der Waals surface area contributed by atoms with E-state index in [9.17, 15) is 4.79 Å². The minimum absolute atomic E-state index is 0.00712. The van der Waals surface area contributed by atoms with Gasteiger partial charge in [0.1, 0.15) is 0 Å². The van der Waals surface area contributed by atoms with Gasteiger partial charge in [-0.05, 0) is 46.2 Å². The number of benzene rings is 2.